The smallest absolute Gasteiger partial charge is 0.136 e. The fourth-order valence-electron chi connectivity index (χ4n) is 3.40. The first-order valence-electron chi connectivity index (χ1n) is 8.71. The molecule has 1 N–H and O–H groups in total. The van der Waals surface area contributed by atoms with Crippen LogP contribution in [0.3, 0.4) is 0 Å². The third-order valence-electron chi connectivity index (χ3n) is 4.68. The zero-order valence-corrected chi connectivity index (χ0v) is 13.4. The van der Waals surface area contributed by atoms with E-state index in [0.717, 1.165) is 30.5 Å². The lowest BCUT2D eigenvalue weighted by Gasteiger charge is -2.34. The van der Waals surface area contributed by atoms with Crippen molar-refractivity contribution in [3.8, 4) is 0 Å². The molecule has 2 aliphatic rings. The number of nitrogens with zero attached hydrogens (tertiary/aromatic N) is 3. The molecule has 0 bridgehead atoms. The maximum Gasteiger partial charge on any atom is 0.136 e. The highest BCUT2D eigenvalue weighted by Crippen LogP contribution is 2.39. The van der Waals surface area contributed by atoms with Crippen LogP contribution in [-0.2, 0) is 0 Å². The van der Waals surface area contributed by atoms with Crippen LogP contribution in [0, 0.1) is 0 Å². The number of rotatable bonds is 6. The lowest BCUT2D eigenvalue weighted by molar-refractivity contribution is 0.416. The van der Waals surface area contributed by atoms with E-state index in [4.69, 9.17) is 9.97 Å². The van der Waals surface area contributed by atoms with E-state index >= 15 is 0 Å². The monoisotopic (exact) mass is 288 g/mol. The number of hydrogen-bond donors (Lipinski definition) is 1. The van der Waals surface area contributed by atoms with Crippen molar-refractivity contribution in [1.29, 1.82) is 0 Å². The summed E-state index contributed by atoms with van der Waals surface area (Å²) in [5.74, 6) is 3.79. The molecule has 1 aromatic rings. The van der Waals surface area contributed by atoms with Crippen molar-refractivity contribution >= 4 is 11.6 Å². The van der Waals surface area contributed by atoms with Crippen LogP contribution in [0.25, 0.3) is 0 Å². The van der Waals surface area contributed by atoms with Crippen molar-refractivity contribution < 1.29 is 0 Å². The molecule has 2 fully saturated rings. The van der Waals surface area contributed by atoms with Gasteiger partial charge in [-0.1, -0.05) is 19.3 Å². The molecule has 0 aromatic carbocycles. The summed E-state index contributed by atoms with van der Waals surface area (Å²) in [6.45, 7) is 6.32. The van der Waals surface area contributed by atoms with Gasteiger partial charge in [-0.2, -0.15) is 0 Å². The zero-order chi connectivity index (χ0) is 14.7. The largest absolute Gasteiger partial charge is 0.370 e. The van der Waals surface area contributed by atoms with Gasteiger partial charge in [-0.05, 0) is 39.5 Å². The topological polar surface area (TPSA) is 41.0 Å². The molecule has 2 saturated carbocycles. The second-order valence-electron chi connectivity index (χ2n) is 6.35. The molecule has 116 valence electrons. The van der Waals surface area contributed by atoms with Gasteiger partial charge in [0.2, 0.25) is 0 Å². The number of anilines is 2. The van der Waals surface area contributed by atoms with Gasteiger partial charge in [-0.3, -0.25) is 0 Å². The fraction of sp³-hybridized carbons (Fsp3) is 0.765. The average Bonchev–Trinajstić information content (AvgIpc) is 3.34. The van der Waals surface area contributed by atoms with Crippen LogP contribution in [0.5, 0.6) is 0 Å². The van der Waals surface area contributed by atoms with Gasteiger partial charge in [-0.15, -0.1) is 0 Å². The van der Waals surface area contributed by atoms with Crippen LogP contribution in [-0.4, -0.2) is 29.1 Å². The van der Waals surface area contributed by atoms with E-state index in [0.29, 0.717) is 12.0 Å². The summed E-state index contributed by atoms with van der Waals surface area (Å²) in [5.41, 5.74) is 0. The van der Waals surface area contributed by atoms with Crippen molar-refractivity contribution in [3.05, 3.63) is 11.9 Å². The second kappa shape index (κ2) is 6.63. The van der Waals surface area contributed by atoms with Gasteiger partial charge in [0, 0.05) is 31.1 Å². The number of nitrogens with one attached hydrogen (secondary N) is 1. The van der Waals surface area contributed by atoms with Crippen LogP contribution < -0.4 is 10.2 Å². The minimum absolute atomic E-state index is 0.604. The predicted molar refractivity (Wildman–Crippen MR) is 88.1 cm³/mol. The van der Waals surface area contributed by atoms with E-state index in [-0.39, 0.29) is 0 Å². The van der Waals surface area contributed by atoms with E-state index in [1.807, 2.05) is 0 Å². The van der Waals surface area contributed by atoms with Gasteiger partial charge in [-0.25, -0.2) is 9.97 Å². The van der Waals surface area contributed by atoms with Crippen molar-refractivity contribution in [3.63, 3.8) is 0 Å². The fourth-order valence-corrected chi connectivity index (χ4v) is 3.40. The maximum absolute atomic E-state index is 4.90. The van der Waals surface area contributed by atoms with E-state index < -0.39 is 0 Å². The number of aromatic nitrogens is 2. The van der Waals surface area contributed by atoms with E-state index in [1.165, 1.54) is 44.9 Å². The van der Waals surface area contributed by atoms with Gasteiger partial charge in [0.05, 0.1) is 0 Å². The Morgan fingerprint density at radius 1 is 1.10 bits per heavy atom. The summed E-state index contributed by atoms with van der Waals surface area (Å²) in [6.07, 6.45) is 9.26. The Morgan fingerprint density at radius 2 is 1.86 bits per heavy atom. The molecule has 3 rings (SSSR count). The van der Waals surface area contributed by atoms with E-state index in [1.54, 1.807) is 0 Å². The zero-order valence-electron chi connectivity index (χ0n) is 13.4. The molecule has 0 saturated heterocycles. The molecular weight excluding hydrogens is 260 g/mol. The Balaban J connectivity index is 1.86. The van der Waals surface area contributed by atoms with Crippen molar-refractivity contribution in [2.45, 2.75) is 70.8 Å². The summed E-state index contributed by atoms with van der Waals surface area (Å²) in [5, 5.41) is 3.38. The Labute approximate surface area is 128 Å². The third kappa shape index (κ3) is 3.47. The van der Waals surface area contributed by atoms with Crippen LogP contribution in [0.4, 0.5) is 11.6 Å². The first kappa shape index (κ1) is 14.6. The SMILES string of the molecule is CCNc1cc(N(CC)C2CCCCC2)nc(C2CC2)n1. The Hall–Kier alpha value is -1.32. The van der Waals surface area contributed by atoms with Crippen molar-refractivity contribution in [2.24, 2.45) is 0 Å². The lowest BCUT2D eigenvalue weighted by Crippen LogP contribution is -2.37. The molecule has 0 atom stereocenters. The molecule has 1 heterocycles. The van der Waals surface area contributed by atoms with Gasteiger partial charge >= 0.3 is 0 Å². The van der Waals surface area contributed by atoms with Crippen LogP contribution in [0.15, 0.2) is 6.07 Å². The van der Waals surface area contributed by atoms with Crippen LogP contribution in [0.2, 0.25) is 0 Å². The van der Waals surface area contributed by atoms with Gasteiger partial charge in [0.1, 0.15) is 17.5 Å². The Bertz CT molecular complexity index is 464. The molecule has 0 aliphatic heterocycles. The predicted octanol–water partition coefficient (Wildman–Crippen LogP) is 3.94. The summed E-state index contributed by atoms with van der Waals surface area (Å²) >= 11 is 0. The van der Waals surface area contributed by atoms with Crippen molar-refractivity contribution in [2.75, 3.05) is 23.3 Å². The molecule has 0 spiro atoms. The highest BCUT2D eigenvalue weighted by molar-refractivity contribution is 5.50. The van der Waals surface area contributed by atoms with E-state index in [2.05, 4.69) is 30.1 Å². The molecule has 2 aliphatic carbocycles. The molecule has 0 amide bonds. The molecular formula is C17H28N4. The highest BCUT2D eigenvalue weighted by atomic mass is 15.2. The van der Waals surface area contributed by atoms with Gasteiger partial charge in [0.25, 0.3) is 0 Å². The molecule has 4 heteroatoms. The van der Waals surface area contributed by atoms with Gasteiger partial charge < -0.3 is 10.2 Å². The standard InChI is InChI=1S/C17H28N4/c1-3-18-15-12-16(20-17(19-15)13-10-11-13)21(4-2)14-8-6-5-7-9-14/h12-14H,3-11H2,1-2H3,(H,18,19,20). The maximum atomic E-state index is 4.90. The molecule has 0 radical (unpaired) electrons. The molecule has 4 nitrogen and oxygen atoms in total. The Morgan fingerprint density at radius 3 is 2.48 bits per heavy atom. The summed E-state index contributed by atoms with van der Waals surface area (Å²) < 4.78 is 0. The van der Waals surface area contributed by atoms with Crippen LogP contribution >= 0.6 is 0 Å². The highest BCUT2D eigenvalue weighted by Gasteiger charge is 2.29. The summed E-state index contributed by atoms with van der Waals surface area (Å²) in [4.78, 5) is 12.1. The lowest BCUT2D eigenvalue weighted by atomic mass is 9.94. The first-order chi connectivity index (χ1) is 10.3. The molecule has 21 heavy (non-hydrogen) atoms. The average molecular weight is 288 g/mol. The molecule has 1 aromatic heterocycles. The summed E-state index contributed by atoms with van der Waals surface area (Å²) in [6, 6.07) is 2.81. The second-order valence-corrected chi connectivity index (χ2v) is 6.35. The normalized spacial score (nSPS) is 19.5. The van der Waals surface area contributed by atoms with Crippen LogP contribution in [0.1, 0.15) is 70.5 Å². The summed E-state index contributed by atoms with van der Waals surface area (Å²) in [7, 11) is 0. The Kier molecular flexibility index (Phi) is 4.61. The number of hydrogen-bond acceptors (Lipinski definition) is 4. The van der Waals surface area contributed by atoms with Gasteiger partial charge in [0.15, 0.2) is 0 Å². The third-order valence-corrected chi connectivity index (χ3v) is 4.68. The first-order valence-corrected chi connectivity index (χ1v) is 8.71. The van der Waals surface area contributed by atoms with E-state index in [9.17, 15) is 0 Å². The van der Waals surface area contributed by atoms with Crippen molar-refractivity contribution in [1.82, 2.24) is 9.97 Å². The minimum atomic E-state index is 0.604. The minimum Gasteiger partial charge on any atom is -0.370 e. The quantitative estimate of drug-likeness (QED) is 0.860. The molecule has 0 unspecified atom stereocenters.